The van der Waals surface area contributed by atoms with Gasteiger partial charge in [-0.3, -0.25) is 9.69 Å². The van der Waals surface area contributed by atoms with E-state index in [1.165, 1.54) is 38.8 Å². The number of nitrogens with one attached hydrogen (secondary N) is 2. The first-order valence-corrected chi connectivity index (χ1v) is 15.1. The number of piperidine rings is 1. The lowest BCUT2D eigenvalue weighted by molar-refractivity contribution is -0.0974. The van der Waals surface area contributed by atoms with Crippen molar-refractivity contribution < 1.29 is 14.3 Å². The molecule has 4 N–H and O–H groups in total. The Balaban J connectivity index is 0.997. The van der Waals surface area contributed by atoms with E-state index in [1.54, 1.807) is 6.21 Å². The van der Waals surface area contributed by atoms with Crippen LogP contribution in [0.1, 0.15) is 59.7 Å². The minimum Gasteiger partial charge on any atom is -0.492 e. The van der Waals surface area contributed by atoms with Gasteiger partial charge in [0.25, 0.3) is 5.91 Å². The average molecular weight is 571 g/mol. The lowest BCUT2D eigenvalue weighted by Gasteiger charge is -2.54. The predicted molar refractivity (Wildman–Crippen MR) is 166 cm³/mol. The first kappa shape index (κ1) is 28.4. The molecule has 1 aliphatic carbocycles. The highest BCUT2D eigenvalue weighted by molar-refractivity contribution is 5.94. The molecular formula is C33H42N6O3. The normalized spacial score (nSPS) is 20.5. The molecular weight excluding hydrogens is 528 g/mol. The van der Waals surface area contributed by atoms with Gasteiger partial charge in [0, 0.05) is 48.6 Å². The van der Waals surface area contributed by atoms with Gasteiger partial charge in [-0.15, -0.1) is 0 Å². The van der Waals surface area contributed by atoms with Crippen LogP contribution in [0.5, 0.6) is 5.75 Å². The van der Waals surface area contributed by atoms with Crippen molar-refractivity contribution in [2.45, 2.75) is 51.6 Å². The second-order valence-electron chi connectivity index (χ2n) is 12.3. The van der Waals surface area contributed by atoms with E-state index in [0.29, 0.717) is 36.1 Å². The molecule has 4 heterocycles. The third kappa shape index (κ3) is 6.22. The fourth-order valence-corrected chi connectivity index (χ4v) is 6.82. The van der Waals surface area contributed by atoms with Crippen LogP contribution < -0.4 is 21.1 Å². The highest BCUT2D eigenvalue weighted by atomic mass is 16.5. The molecule has 1 aromatic carbocycles. The molecule has 0 unspecified atom stereocenters. The summed E-state index contributed by atoms with van der Waals surface area (Å²) in [6.07, 6.45) is 11.2. The smallest absolute Gasteiger partial charge is 0.251 e. The van der Waals surface area contributed by atoms with Crippen molar-refractivity contribution in [3.63, 3.8) is 0 Å². The predicted octanol–water partition coefficient (Wildman–Crippen LogP) is 4.15. The summed E-state index contributed by atoms with van der Waals surface area (Å²) in [5, 5.41) is 6.66. The maximum absolute atomic E-state index is 13.0. The summed E-state index contributed by atoms with van der Waals surface area (Å²) in [4.78, 5) is 24.3. The van der Waals surface area contributed by atoms with Crippen LogP contribution in [0, 0.1) is 11.3 Å². The summed E-state index contributed by atoms with van der Waals surface area (Å²) >= 11 is 0. The van der Waals surface area contributed by atoms with Crippen molar-refractivity contribution in [2.75, 3.05) is 44.8 Å². The Kier molecular flexibility index (Phi) is 8.31. The molecule has 4 aliphatic rings. The van der Waals surface area contributed by atoms with Crippen LogP contribution in [0.15, 0.2) is 53.9 Å². The average Bonchev–Trinajstić information content (AvgIpc) is 3.44. The molecule has 9 heteroatoms. The van der Waals surface area contributed by atoms with E-state index in [9.17, 15) is 4.79 Å². The Bertz CT molecular complexity index is 1380. The van der Waals surface area contributed by atoms with Crippen molar-refractivity contribution >= 4 is 23.5 Å². The number of amides is 1. The number of hydrogen-bond donors (Lipinski definition) is 3. The zero-order chi connectivity index (χ0) is 29.1. The van der Waals surface area contributed by atoms with E-state index in [2.05, 4.69) is 27.1 Å². The van der Waals surface area contributed by atoms with E-state index >= 15 is 0 Å². The summed E-state index contributed by atoms with van der Waals surface area (Å²) in [6, 6.07) is 8.48. The summed E-state index contributed by atoms with van der Waals surface area (Å²) in [6.45, 7) is 11.7. The van der Waals surface area contributed by atoms with Crippen LogP contribution in [0.4, 0.5) is 5.82 Å². The van der Waals surface area contributed by atoms with Crippen molar-refractivity contribution in [1.29, 1.82) is 0 Å². The molecule has 1 spiro atoms. The van der Waals surface area contributed by atoms with Crippen molar-refractivity contribution in [2.24, 2.45) is 22.1 Å². The van der Waals surface area contributed by atoms with E-state index in [0.717, 1.165) is 60.0 Å². The maximum Gasteiger partial charge on any atom is 0.251 e. The molecule has 0 atom stereocenters. The topological polar surface area (TPSA) is 114 Å². The SMILES string of the molecule is C=C(N)/N=C\C=C(/C)c1cnc(NCc2cccc(C(=O)NCC3CC4(CCN(C5COC5)CC4)C3)c2)c2c1OCC2. The van der Waals surface area contributed by atoms with Gasteiger partial charge in [-0.25, -0.2) is 9.98 Å². The van der Waals surface area contributed by atoms with Gasteiger partial charge in [0.1, 0.15) is 17.4 Å². The number of anilines is 1. The molecule has 1 aromatic heterocycles. The van der Waals surface area contributed by atoms with Crippen molar-refractivity contribution in [1.82, 2.24) is 15.2 Å². The first-order valence-electron chi connectivity index (χ1n) is 15.1. The van der Waals surface area contributed by atoms with Crippen LogP contribution in [0.25, 0.3) is 5.57 Å². The molecule has 0 bridgehead atoms. The molecule has 222 valence electrons. The summed E-state index contributed by atoms with van der Waals surface area (Å²) in [7, 11) is 0. The Morgan fingerprint density at radius 2 is 2.10 bits per heavy atom. The Labute approximate surface area is 248 Å². The highest BCUT2D eigenvalue weighted by Crippen LogP contribution is 2.52. The molecule has 1 amide bonds. The lowest BCUT2D eigenvalue weighted by Crippen LogP contribution is -2.56. The molecule has 6 rings (SSSR count). The molecule has 3 fully saturated rings. The van der Waals surface area contributed by atoms with E-state index in [1.807, 2.05) is 43.5 Å². The van der Waals surface area contributed by atoms with Crippen LogP contribution in [0.2, 0.25) is 0 Å². The van der Waals surface area contributed by atoms with E-state index in [-0.39, 0.29) is 11.7 Å². The summed E-state index contributed by atoms with van der Waals surface area (Å²) in [5.74, 6) is 2.51. The molecule has 42 heavy (non-hydrogen) atoms. The molecule has 3 aliphatic heterocycles. The minimum absolute atomic E-state index is 0.00150. The second kappa shape index (κ2) is 12.3. The number of carbonyl (C=O) groups is 1. The van der Waals surface area contributed by atoms with Gasteiger partial charge in [0.2, 0.25) is 0 Å². The summed E-state index contributed by atoms with van der Waals surface area (Å²) < 4.78 is 11.3. The van der Waals surface area contributed by atoms with Crippen LogP contribution in [-0.4, -0.2) is 67.5 Å². The quantitative estimate of drug-likeness (QED) is 0.368. The molecule has 2 saturated heterocycles. The zero-order valence-electron chi connectivity index (χ0n) is 24.5. The van der Waals surface area contributed by atoms with Gasteiger partial charge in [-0.2, -0.15) is 0 Å². The largest absolute Gasteiger partial charge is 0.492 e. The fourth-order valence-electron chi connectivity index (χ4n) is 6.82. The number of carbonyl (C=O) groups excluding carboxylic acids is 1. The van der Waals surface area contributed by atoms with Crippen molar-refractivity contribution in [3.8, 4) is 5.75 Å². The lowest BCUT2D eigenvalue weighted by atomic mass is 9.57. The van der Waals surface area contributed by atoms with Gasteiger partial charge in [0.05, 0.1) is 25.9 Å². The monoisotopic (exact) mass is 570 g/mol. The number of pyridine rings is 1. The number of benzene rings is 1. The number of aromatic nitrogens is 1. The first-order chi connectivity index (χ1) is 20.4. The third-order valence-corrected chi connectivity index (χ3v) is 9.35. The number of rotatable bonds is 10. The number of nitrogens with two attached hydrogens (primary N) is 1. The van der Waals surface area contributed by atoms with Gasteiger partial charge in [0.15, 0.2) is 0 Å². The number of fused-ring (bicyclic) bond motifs is 1. The number of allylic oxidation sites excluding steroid dienone is 2. The van der Waals surface area contributed by atoms with Crippen LogP contribution >= 0.6 is 0 Å². The number of ether oxygens (including phenoxy) is 2. The van der Waals surface area contributed by atoms with Crippen molar-refractivity contribution in [3.05, 3.63) is 71.2 Å². The number of aliphatic imine (C=N–C) groups is 1. The highest BCUT2D eigenvalue weighted by Gasteiger charge is 2.46. The van der Waals surface area contributed by atoms with Crippen LogP contribution in [-0.2, 0) is 17.7 Å². The van der Waals surface area contributed by atoms with Gasteiger partial charge >= 0.3 is 0 Å². The zero-order valence-corrected chi connectivity index (χ0v) is 24.5. The third-order valence-electron chi connectivity index (χ3n) is 9.35. The van der Waals surface area contributed by atoms with Crippen LogP contribution in [0.3, 0.4) is 0 Å². The molecule has 0 radical (unpaired) electrons. The standard InChI is InChI=1S/C33H42N6O3/c1-22(6-10-35-23(2)34)29-19-37-31(28-7-13-42-30(28)29)36-17-24-4-3-5-26(14-24)32(40)38-18-25-15-33(16-25)8-11-39(12-9-33)27-20-41-21-27/h3-6,10,14,19,25,27H,2,7-9,11-13,15-18,20-21,34H2,1H3,(H,36,37)(H,38,40)/b22-6+,35-10-. The Morgan fingerprint density at radius 1 is 1.29 bits per heavy atom. The maximum atomic E-state index is 13.0. The van der Waals surface area contributed by atoms with Gasteiger partial charge in [-0.1, -0.05) is 18.7 Å². The van der Waals surface area contributed by atoms with Gasteiger partial charge < -0.3 is 25.8 Å². The molecule has 9 nitrogen and oxygen atoms in total. The van der Waals surface area contributed by atoms with E-state index < -0.39 is 0 Å². The van der Waals surface area contributed by atoms with E-state index in [4.69, 9.17) is 20.2 Å². The summed E-state index contributed by atoms with van der Waals surface area (Å²) in [5.41, 5.74) is 10.7. The second-order valence-corrected chi connectivity index (χ2v) is 12.3. The number of nitrogens with zero attached hydrogens (tertiary/aromatic N) is 3. The Hall–Kier alpha value is -3.69. The Morgan fingerprint density at radius 3 is 2.83 bits per heavy atom. The number of hydrogen-bond acceptors (Lipinski definition) is 8. The minimum atomic E-state index is -0.00150. The molecule has 2 aromatic rings. The van der Waals surface area contributed by atoms with Gasteiger partial charge in [-0.05, 0) is 86.4 Å². The molecule has 1 saturated carbocycles. The number of likely N-dealkylation sites (tertiary alicyclic amines) is 1. The fraction of sp³-hybridized carbons (Fsp3) is 0.485.